The molecule has 0 amide bonds. The Morgan fingerprint density at radius 3 is 2.02 bits per heavy atom. The number of anilines is 1. The number of rotatable bonds is 8. The molecule has 1 fully saturated rings. The Balaban J connectivity index is 0.000000359. The van der Waals surface area contributed by atoms with E-state index in [0.29, 0.717) is 22.2 Å². The van der Waals surface area contributed by atoms with Crippen LogP contribution in [-0.4, -0.2) is 12.0 Å². The van der Waals surface area contributed by atoms with Gasteiger partial charge in [-0.3, -0.25) is 4.98 Å². The van der Waals surface area contributed by atoms with Crippen molar-refractivity contribution in [3.63, 3.8) is 0 Å². The van der Waals surface area contributed by atoms with E-state index in [2.05, 4.69) is 16.9 Å². The number of alkyl halides is 1. The van der Waals surface area contributed by atoms with Crippen LogP contribution in [0.1, 0.15) is 96.0 Å². The van der Waals surface area contributed by atoms with Crippen molar-refractivity contribution in [2.24, 2.45) is 0 Å². The second-order valence-corrected chi connectivity index (χ2v) is 11.3. The summed E-state index contributed by atoms with van der Waals surface area (Å²) in [5, 5.41) is 4.11. The van der Waals surface area contributed by atoms with Crippen molar-refractivity contribution in [1.29, 1.82) is 0 Å². The zero-order valence-electron chi connectivity index (χ0n) is 26.2. The van der Waals surface area contributed by atoms with Crippen molar-refractivity contribution in [2.75, 3.05) is 12.4 Å². The quantitative estimate of drug-likeness (QED) is 0.260. The number of nitrogens with one attached hydrogen (secondary N) is 1. The minimum absolute atomic E-state index is 0.497. The van der Waals surface area contributed by atoms with Gasteiger partial charge in [0.2, 0.25) is 0 Å². The molecule has 1 aliphatic carbocycles. The normalized spacial score (nSPS) is 13.3. The molecule has 1 aliphatic rings. The molecule has 0 spiro atoms. The number of pyridine rings is 1. The largest absolute Gasteiger partial charge is 0.481 e. The van der Waals surface area contributed by atoms with Gasteiger partial charge in [-0.15, -0.1) is 6.58 Å². The summed E-state index contributed by atoms with van der Waals surface area (Å²) in [6.45, 7) is 17.0. The molecule has 1 aromatic heterocycles. The van der Waals surface area contributed by atoms with Crippen LogP contribution in [0.2, 0.25) is 10.0 Å². The van der Waals surface area contributed by atoms with Crippen molar-refractivity contribution < 1.29 is 9.13 Å². The van der Waals surface area contributed by atoms with Crippen LogP contribution in [0.5, 0.6) is 5.75 Å². The molecule has 3 aromatic rings. The first kappa shape index (κ1) is 36.5. The van der Waals surface area contributed by atoms with Gasteiger partial charge in [-0.25, -0.2) is 4.39 Å². The van der Waals surface area contributed by atoms with E-state index in [0.717, 1.165) is 29.0 Å². The maximum atomic E-state index is 13.8. The molecule has 6 heteroatoms. The lowest BCUT2D eigenvalue weighted by atomic mass is 9.94. The third-order valence-corrected chi connectivity index (χ3v) is 7.30. The monoisotopic (exact) mass is 602 g/mol. The number of benzene rings is 2. The van der Waals surface area contributed by atoms with E-state index in [1.54, 1.807) is 19.2 Å². The summed E-state index contributed by atoms with van der Waals surface area (Å²) >= 11 is 12.1. The molecule has 0 aliphatic heterocycles. The first-order valence-corrected chi connectivity index (χ1v) is 15.4. The smallest absolute Gasteiger partial charge is 0.147 e. The van der Waals surface area contributed by atoms with Gasteiger partial charge in [0.1, 0.15) is 22.7 Å². The van der Waals surface area contributed by atoms with Crippen LogP contribution >= 0.6 is 23.2 Å². The van der Waals surface area contributed by atoms with Crippen molar-refractivity contribution in [1.82, 2.24) is 4.98 Å². The number of aryl methyl sites for hydroxylation is 1. The lowest BCUT2D eigenvalue weighted by Gasteiger charge is -2.28. The highest BCUT2D eigenvalue weighted by Crippen LogP contribution is 2.34. The second-order valence-electron chi connectivity index (χ2n) is 10.5. The lowest BCUT2D eigenvalue weighted by molar-refractivity contribution is 0.103. The van der Waals surface area contributed by atoms with E-state index in [1.807, 2.05) is 97.1 Å². The number of hydrogen-bond donors (Lipinski definition) is 1. The molecular weight excluding hydrogens is 554 g/mol. The highest BCUT2D eigenvalue weighted by Gasteiger charge is 2.28. The van der Waals surface area contributed by atoms with Crippen LogP contribution in [0.25, 0.3) is 0 Å². The second kappa shape index (κ2) is 18.1. The summed E-state index contributed by atoms with van der Waals surface area (Å²) in [6.07, 6.45) is 10.8. The maximum absolute atomic E-state index is 13.8. The minimum atomic E-state index is -1.20. The number of hydrogen-bond acceptors (Lipinski definition) is 3. The molecule has 1 heterocycles. The highest BCUT2D eigenvalue weighted by molar-refractivity contribution is 6.34. The summed E-state index contributed by atoms with van der Waals surface area (Å²) in [4.78, 5) is 4.31. The maximum Gasteiger partial charge on any atom is 0.147 e. The van der Waals surface area contributed by atoms with E-state index < -0.39 is 11.3 Å². The fourth-order valence-corrected chi connectivity index (χ4v) is 4.32. The average molecular weight is 604 g/mol. The first-order valence-electron chi connectivity index (χ1n) is 14.6. The molecule has 1 unspecified atom stereocenters. The highest BCUT2D eigenvalue weighted by atomic mass is 35.5. The van der Waals surface area contributed by atoms with Crippen molar-refractivity contribution in [3.05, 3.63) is 99.8 Å². The van der Waals surface area contributed by atoms with Crippen LogP contribution in [0.4, 0.5) is 10.1 Å². The van der Waals surface area contributed by atoms with E-state index in [9.17, 15) is 4.39 Å². The molecule has 3 nitrogen and oxygen atoms in total. The lowest BCUT2D eigenvalue weighted by Crippen LogP contribution is -2.27. The summed E-state index contributed by atoms with van der Waals surface area (Å²) in [5.41, 5.74) is 2.81. The third-order valence-electron chi connectivity index (χ3n) is 6.81. The summed E-state index contributed by atoms with van der Waals surface area (Å²) in [6, 6.07) is 15.3. The summed E-state index contributed by atoms with van der Waals surface area (Å²) in [7, 11) is 1.89. The van der Waals surface area contributed by atoms with Gasteiger partial charge in [0.15, 0.2) is 0 Å². The number of aromatic nitrogens is 1. The van der Waals surface area contributed by atoms with Crippen LogP contribution in [0.15, 0.2) is 67.4 Å². The summed E-state index contributed by atoms with van der Waals surface area (Å²) < 4.78 is 20.0. The van der Waals surface area contributed by atoms with Gasteiger partial charge < -0.3 is 10.1 Å². The van der Waals surface area contributed by atoms with Crippen LogP contribution in [0, 0.1) is 6.92 Å². The van der Waals surface area contributed by atoms with Gasteiger partial charge in [-0.05, 0) is 81.5 Å². The molecule has 41 heavy (non-hydrogen) atoms. The number of halogens is 3. The molecule has 2 aromatic carbocycles. The molecular formula is C35H49Cl2FN2O. The van der Waals surface area contributed by atoms with E-state index in [1.165, 1.54) is 31.2 Å². The Bertz CT molecular complexity index is 1190. The predicted molar refractivity (Wildman–Crippen MR) is 178 cm³/mol. The Morgan fingerprint density at radius 2 is 1.59 bits per heavy atom. The summed E-state index contributed by atoms with van der Waals surface area (Å²) in [5.74, 6) is 0.798. The number of nitrogens with zero attached hydrogens (tertiary/aromatic N) is 1. The standard InChI is InChI=1S/C16H18Cl2N2O.C13H17F.C4H8.C2H6/c1-10-7-12(19-4)5-6-14(10)21-16(2,3)15-13(18)8-11(17)9-20-15;1-4-6-11-7-9-12(10-8-11)13(3,14)5-2;1-2-4-3-1;1-2/h5-9,19H,1-4H3;4,7-10H,1,5-6H2,2-3H3;1-4H2;1-2H3. The van der Waals surface area contributed by atoms with E-state index >= 15 is 0 Å². The molecule has 0 bridgehead atoms. The predicted octanol–water partition coefficient (Wildman–Crippen LogP) is 11.6. The SMILES string of the molecule is C1CCC1.C=CCc1ccc(C(C)(F)CC)cc1.CC.CNc1ccc(OC(C)(C)c2ncc(Cl)cc2Cl)c(C)c1. The molecule has 1 saturated carbocycles. The van der Waals surface area contributed by atoms with Crippen LogP contribution in [0.3, 0.4) is 0 Å². The third kappa shape index (κ3) is 12.1. The molecule has 226 valence electrons. The topological polar surface area (TPSA) is 34.1 Å². The zero-order valence-corrected chi connectivity index (χ0v) is 27.7. The fourth-order valence-electron chi connectivity index (χ4n) is 3.71. The van der Waals surface area contributed by atoms with E-state index in [-0.39, 0.29) is 0 Å². The fraction of sp³-hybridized carbons (Fsp3) is 0.457. The molecule has 4 rings (SSSR count). The first-order chi connectivity index (χ1) is 19.4. The van der Waals surface area contributed by atoms with E-state index in [4.69, 9.17) is 27.9 Å². The Hall–Kier alpha value is -2.56. The Morgan fingerprint density at radius 1 is 1.00 bits per heavy atom. The van der Waals surface area contributed by atoms with Gasteiger partial charge in [0, 0.05) is 18.9 Å². The minimum Gasteiger partial charge on any atom is -0.481 e. The van der Waals surface area contributed by atoms with Gasteiger partial charge in [-0.1, -0.05) is 100.0 Å². The number of allylic oxidation sites excluding steroid dienone is 1. The van der Waals surface area contributed by atoms with Crippen molar-refractivity contribution >= 4 is 28.9 Å². The Labute approximate surface area is 258 Å². The van der Waals surface area contributed by atoms with Crippen LogP contribution in [-0.2, 0) is 17.7 Å². The van der Waals surface area contributed by atoms with Crippen molar-refractivity contribution in [3.8, 4) is 5.75 Å². The van der Waals surface area contributed by atoms with Gasteiger partial charge in [0.05, 0.1) is 10.0 Å². The average Bonchev–Trinajstić information content (AvgIpc) is 2.90. The van der Waals surface area contributed by atoms with Gasteiger partial charge >= 0.3 is 0 Å². The number of ether oxygens (including phenoxy) is 1. The zero-order chi connectivity index (χ0) is 31.1. The molecule has 0 radical (unpaired) electrons. The van der Waals surface area contributed by atoms with Crippen molar-refractivity contribution in [2.45, 2.75) is 98.3 Å². The van der Waals surface area contributed by atoms with Gasteiger partial charge in [0.25, 0.3) is 0 Å². The molecule has 0 saturated heterocycles. The molecule has 1 atom stereocenters. The molecule has 1 N–H and O–H groups in total. The Kier molecular flexibility index (Phi) is 16.1. The van der Waals surface area contributed by atoms with Crippen LogP contribution < -0.4 is 10.1 Å². The van der Waals surface area contributed by atoms with Gasteiger partial charge in [-0.2, -0.15) is 0 Å².